The first-order chi connectivity index (χ1) is 8.16. The lowest BCUT2D eigenvalue weighted by Gasteiger charge is -2.06. The van der Waals surface area contributed by atoms with Crippen molar-refractivity contribution in [3.63, 3.8) is 0 Å². The van der Waals surface area contributed by atoms with E-state index in [1.807, 2.05) is 25.5 Å². The summed E-state index contributed by atoms with van der Waals surface area (Å²) in [6.07, 6.45) is 4.77. The van der Waals surface area contributed by atoms with Gasteiger partial charge in [-0.25, -0.2) is 4.98 Å². The number of anilines is 1. The largest absolute Gasteiger partial charge is 0.398 e. The van der Waals surface area contributed by atoms with Crippen molar-refractivity contribution in [3.05, 3.63) is 42.0 Å². The monoisotopic (exact) mass is 247 g/mol. The molecule has 0 saturated carbocycles. The molecule has 3 nitrogen and oxygen atoms in total. The van der Waals surface area contributed by atoms with Crippen LogP contribution in [0.4, 0.5) is 5.69 Å². The fourth-order valence-electron chi connectivity index (χ4n) is 1.69. The Labute approximate surface area is 106 Å². The molecule has 1 aromatic heterocycles. The van der Waals surface area contributed by atoms with E-state index in [0.717, 1.165) is 28.6 Å². The Bertz CT molecular complexity index is 505. The standard InChI is InChI=1S/C13H17N3S/c1-10-3-4-12(11(14)9-10)17-8-5-13-15-6-7-16(13)2/h3-4,6-7,9H,5,8,14H2,1-2H3. The maximum Gasteiger partial charge on any atom is 0.109 e. The molecule has 0 aliphatic rings. The number of aromatic nitrogens is 2. The predicted octanol–water partition coefficient (Wildman–Crippen LogP) is 2.65. The zero-order chi connectivity index (χ0) is 12.3. The van der Waals surface area contributed by atoms with E-state index in [2.05, 4.69) is 28.6 Å². The van der Waals surface area contributed by atoms with E-state index in [4.69, 9.17) is 5.73 Å². The van der Waals surface area contributed by atoms with Crippen molar-refractivity contribution in [2.75, 3.05) is 11.5 Å². The number of aryl methyl sites for hydroxylation is 3. The molecule has 2 N–H and O–H groups in total. The lowest BCUT2D eigenvalue weighted by atomic mass is 10.2. The highest BCUT2D eigenvalue weighted by Gasteiger charge is 2.02. The molecule has 4 heteroatoms. The Balaban J connectivity index is 1.92. The summed E-state index contributed by atoms with van der Waals surface area (Å²) in [5, 5.41) is 0. The molecular formula is C13H17N3S. The van der Waals surface area contributed by atoms with Crippen molar-refractivity contribution >= 4 is 17.4 Å². The van der Waals surface area contributed by atoms with Gasteiger partial charge in [0.1, 0.15) is 5.82 Å². The molecule has 0 unspecified atom stereocenters. The van der Waals surface area contributed by atoms with Crippen molar-refractivity contribution in [3.8, 4) is 0 Å². The Morgan fingerprint density at radius 2 is 2.24 bits per heavy atom. The van der Waals surface area contributed by atoms with Gasteiger partial charge in [-0.15, -0.1) is 11.8 Å². The third-order valence-electron chi connectivity index (χ3n) is 2.67. The Hall–Kier alpha value is -1.42. The molecule has 0 radical (unpaired) electrons. The summed E-state index contributed by atoms with van der Waals surface area (Å²) in [6, 6.07) is 6.20. The minimum Gasteiger partial charge on any atom is -0.398 e. The fraction of sp³-hybridized carbons (Fsp3) is 0.308. The number of benzene rings is 1. The molecule has 90 valence electrons. The highest BCUT2D eigenvalue weighted by atomic mass is 32.2. The van der Waals surface area contributed by atoms with Crippen LogP contribution in [0.3, 0.4) is 0 Å². The Kier molecular flexibility index (Phi) is 3.74. The second-order valence-corrected chi connectivity index (χ2v) is 5.23. The lowest BCUT2D eigenvalue weighted by molar-refractivity contribution is 0.811. The molecule has 0 spiro atoms. The zero-order valence-corrected chi connectivity index (χ0v) is 11.0. The summed E-state index contributed by atoms with van der Waals surface area (Å²) in [6.45, 7) is 2.05. The summed E-state index contributed by atoms with van der Waals surface area (Å²) in [7, 11) is 2.02. The average molecular weight is 247 g/mol. The van der Waals surface area contributed by atoms with Gasteiger partial charge in [-0.3, -0.25) is 0 Å². The van der Waals surface area contributed by atoms with Crippen LogP contribution in [0.15, 0.2) is 35.5 Å². The van der Waals surface area contributed by atoms with Gasteiger partial charge in [0.15, 0.2) is 0 Å². The van der Waals surface area contributed by atoms with Gasteiger partial charge in [0.05, 0.1) is 0 Å². The van der Waals surface area contributed by atoms with Gasteiger partial charge < -0.3 is 10.3 Å². The highest BCUT2D eigenvalue weighted by Crippen LogP contribution is 2.26. The number of rotatable bonds is 4. The number of nitrogens with two attached hydrogens (primary N) is 1. The van der Waals surface area contributed by atoms with Crippen LogP contribution in [-0.2, 0) is 13.5 Å². The molecule has 0 bridgehead atoms. The van der Waals surface area contributed by atoms with Crippen LogP contribution < -0.4 is 5.73 Å². The van der Waals surface area contributed by atoms with Crippen LogP contribution in [0.5, 0.6) is 0 Å². The van der Waals surface area contributed by atoms with Crippen molar-refractivity contribution in [1.82, 2.24) is 9.55 Å². The van der Waals surface area contributed by atoms with Crippen LogP contribution in [0, 0.1) is 6.92 Å². The van der Waals surface area contributed by atoms with Crippen molar-refractivity contribution < 1.29 is 0 Å². The van der Waals surface area contributed by atoms with E-state index in [1.165, 1.54) is 5.56 Å². The van der Waals surface area contributed by atoms with Crippen molar-refractivity contribution in [1.29, 1.82) is 0 Å². The number of hydrogen-bond acceptors (Lipinski definition) is 3. The third kappa shape index (κ3) is 3.03. The normalized spacial score (nSPS) is 10.7. The van der Waals surface area contributed by atoms with Crippen LogP contribution in [0.1, 0.15) is 11.4 Å². The molecule has 0 amide bonds. The van der Waals surface area contributed by atoms with Gasteiger partial charge in [0.2, 0.25) is 0 Å². The van der Waals surface area contributed by atoms with Gasteiger partial charge in [0.25, 0.3) is 0 Å². The molecule has 0 atom stereocenters. The SMILES string of the molecule is Cc1ccc(SCCc2nccn2C)c(N)c1. The molecule has 0 fully saturated rings. The van der Waals surface area contributed by atoms with Crippen LogP contribution >= 0.6 is 11.8 Å². The molecule has 0 aliphatic heterocycles. The summed E-state index contributed by atoms with van der Waals surface area (Å²) in [5.74, 6) is 2.11. The van der Waals surface area contributed by atoms with Gasteiger partial charge in [-0.2, -0.15) is 0 Å². The van der Waals surface area contributed by atoms with E-state index in [1.54, 1.807) is 11.8 Å². The maximum absolute atomic E-state index is 5.97. The molecule has 17 heavy (non-hydrogen) atoms. The summed E-state index contributed by atoms with van der Waals surface area (Å²) < 4.78 is 2.05. The molecule has 1 heterocycles. The minimum atomic E-state index is 0.870. The van der Waals surface area contributed by atoms with E-state index < -0.39 is 0 Å². The van der Waals surface area contributed by atoms with Crippen LogP contribution in [-0.4, -0.2) is 15.3 Å². The van der Waals surface area contributed by atoms with Crippen molar-refractivity contribution in [2.24, 2.45) is 7.05 Å². The molecule has 2 rings (SSSR count). The number of hydrogen-bond donors (Lipinski definition) is 1. The Morgan fingerprint density at radius 3 is 2.88 bits per heavy atom. The molecule has 0 saturated heterocycles. The van der Waals surface area contributed by atoms with Crippen molar-refractivity contribution in [2.45, 2.75) is 18.2 Å². The number of thioether (sulfide) groups is 1. The van der Waals surface area contributed by atoms with Crippen LogP contribution in [0.25, 0.3) is 0 Å². The quantitative estimate of drug-likeness (QED) is 0.667. The third-order valence-corrected chi connectivity index (χ3v) is 3.76. The summed E-state index contributed by atoms with van der Waals surface area (Å²) in [5.41, 5.74) is 8.04. The number of imidazole rings is 1. The lowest BCUT2D eigenvalue weighted by Crippen LogP contribution is -1.99. The average Bonchev–Trinajstić information content (AvgIpc) is 2.68. The molecule has 0 aliphatic carbocycles. The van der Waals surface area contributed by atoms with Gasteiger partial charge in [-0.05, 0) is 24.6 Å². The summed E-state index contributed by atoms with van der Waals surface area (Å²) in [4.78, 5) is 5.46. The predicted molar refractivity (Wildman–Crippen MR) is 73.2 cm³/mol. The first-order valence-corrected chi connectivity index (χ1v) is 6.60. The van der Waals surface area contributed by atoms with Gasteiger partial charge in [0, 0.05) is 42.2 Å². The Morgan fingerprint density at radius 1 is 1.41 bits per heavy atom. The second kappa shape index (κ2) is 5.27. The topological polar surface area (TPSA) is 43.8 Å². The molecular weight excluding hydrogens is 230 g/mol. The van der Waals surface area contributed by atoms with E-state index in [0.29, 0.717) is 0 Å². The molecule has 2 aromatic rings. The maximum atomic E-state index is 5.97. The number of nitrogens with zero attached hydrogens (tertiary/aromatic N) is 2. The smallest absolute Gasteiger partial charge is 0.109 e. The first kappa shape index (κ1) is 12.0. The van der Waals surface area contributed by atoms with Gasteiger partial charge >= 0.3 is 0 Å². The van der Waals surface area contributed by atoms with Gasteiger partial charge in [-0.1, -0.05) is 6.07 Å². The minimum absolute atomic E-state index is 0.870. The summed E-state index contributed by atoms with van der Waals surface area (Å²) >= 11 is 1.78. The van der Waals surface area contributed by atoms with E-state index in [-0.39, 0.29) is 0 Å². The first-order valence-electron chi connectivity index (χ1n) is 5.62. The molecule has 1 aromatic carbocycles. The second-order valence-electron chi connectivity index (χ2n) is 4.09. The highest BCUT2D eigenvalue weighted by molar-refractivity contribution is 7.99. The van der Waals surface area contributed by atoms with Crippen LogP contribution in [0.2, 0.25) is 0 Å². The van der Waals surface area contributed by atoms with E-state index >= 15 is 0 Å². The van der Waals surface area contributed by atoms with E-state index in [9.17, 15) is 0 Å². The zero-order valence-electron chi connectivity index (χ0n) is 10.2. The number of nitrogen functional groups attached to an aromatic ring is 1. The fourth-order valence-corrected chi connectivity index (χ4v) is 2.58.